The van der Waals surface area contributed by atoms with Gasteiger partial charge in [-0.05, 0) is 38.8 Å². The lowest BCUT2D eigenvalue weighted by molar-refractivity contribution is 0.539. The van der Waals surface area contributed by atoms with E-state index in [0.717, 1.165) is 42.4 Å². The van der Waals surface area contributed by atoms with Crippen LogP contribution < -0.4 is 4.90 Å². The zero-order chi connectivity index (χ0) is 19.1. The topological polar surface area (TPSA) is 64.7 Å². The van der Waals surface area contributed by atoms with Crippen molar-refractivity contribution in [2.75, 3.05) is 11.4 Å². The predicted octanol–water partition coefficient (Wildman–Crippen LogP) is 3.93. The van der Waals surface area contributed by atoms with Crippen LogP contribution >= 0.6 is 0 Å². The molecular formula is C21H23N7. The third-order valence-corrected chi connectivity index (χ3v) is 5.39. The summed E-state index contributed by atoms with van der Waals surface area (Å²) in [4.78, 5) is 20.5. The fourth-order valence-electron chi connectivity index (χ4n) is 4.18. The monoisotopic (exact) mass is 373 g/mol. The van der Waals surface area contributed by atoms with Gasteiger partial charge >= 0.3 is 0 Å². The van der Waals surface area contributed by atoms with Crippen LogP contribution in [0.1, 0.15) is 44.6 Å². The van der Waals surface area contributed by atoms with E-state index in [4.69, 9.17) is 4.98 Å². The van der Waals surface area contributed by atoms with E-state index in [1.165, 1.54) is 5.52 Å². The van der Waals surface area contributed by atoms with Gasteiger partial charge in [-0.15, -0.1) is 0 Å². The van der Waals surface area contributed by atoms with Gasteiger partial charge in [-0.25, -0.2) is 19.9 Å². The van der Waals surface area contributed by atoms with Crippen molar-refractivity contribution in [1.29, 1.82) is 0 Å². The van der Waals surface area contributed by atoms with Crippen LogP contribution in [-0.4, -0.2) is 35.6 Å². The first-order chi connectivity index (χ1) is 13.7. The van der Waals surface area contributed by atoms with Crippen molar-refractivity contribution in [3.8, 4) is 5.82 Å². The minimum atomic E-state index is 0.209. The number of hydrogen-bond donors (Lipinski definition) is 0. The summed E-state index contributed by atoms with van der Waals surface area (Å²) in [6.45, 7) is 5.41. The van der Waals surface area contributed by atoms with Gasteiger partial charge in [0, 0.05) is 31.0 Å². The number of aromatic nitrogens is 6. The lowest BCUT2D eigenvalue weighted by Crippen LogP contribution is -2.26. The molecule has 0 saturated carbocycles. The van der Waals surface area contributed by atoms with E-state index < -0.39 is 0 Å². The van der Waals surface area contributed by atoms with Gasteiger partial charge in [-0.3, -0.25) is 4.57 Å². The minimum absolute atomic E-state index is 0.209. The number of fused-ring (bicyclic) bond motifs is 1. The zero-order valence-electron chi connectivity index (χ0n) is 16.1. The maximum atomic E-state index is 5.03. The second-order valence-electron chi connectivity index (χ2n) is 7.48. The van der Waals surface area contributed by atoms with Gasteiger partial charge in [0.05, 0.1) is 17.1 Å². The number of rotatable bonds is 4. The van der Waals surface area contributed by atoms with Crippen molar-refractivity contribution in [1.82, 2.24) is 29.1 Å². The summed E-state index contributed by atoms with van der Waals surface area (Å²) in [6.07, 6.45) is 9.23. The molecule has 0 radical (unpaired) electrons. The van der Waals surface area contributed by atoms with Gasteiger partial charge in [-0.1, -0.05) is 12.1 Å². The summed E-state index contributed by atoms with van der Waals surface area (Å²) in [7, 11) is 0. The third-order valence-electron chi connectivity index (χ3n) is 5.39. The Balaban J connectivity index is 1.58. The Kier molecular flexibility index (Phi) is 4.07. The number of nitrogens with zero attached hydrogens (tertiary/aromatic N) is 7. The molecule has 4 aromatic rings. The number of imidazole rings is 2. The molecule has 28 heavy (non-hydrogen) atoms. The van der Waals surface area contributed by atoms with Crippen molar-refractivity contribution in [2.45, 2.75) is 38.8 Å². The second-order valence-corrected chi connectivity index (χ2v) is 7.48. The van der Waals surface area contributed by atoms with Crippen LogP contribution in [0.25, 0.3) is 16.9 Å². The Bertz CT molecular complexity index is 1100. The largest absolute Gasteiger partial charge is 0.346 e. The average Bonchev–Trinajstić information content (AvgIpc) is 3.46. The Morgan fingerprint density at radius 1 is 1.11 bits per heavy atom. The molecule has 3 aromatic heterocycles. The van der Waals surface area contributed by atoms with Crippen LogP contribution in [0.4, 0.5) is 5.82 Å². The molecule has 4 heterocycles. The fraction of sp³-hybridized carbons (Fsp3) is 0.333. The first kappa shape index (κ1) is 16.9. The van der Waals surface area contributed by atoms with E-state index in [9.17, 15) is 0 Å². The van der Waals surface area contributed by atoms with E-state index in [-0.39, 0.29) is 6.04 Å². The second kappa shape index (κ2) is 6.74. The summed E-state index contributed by atoms with van der Waals surface area (Å²) in [6, 6.07) is 11.0. The van der Waals surface area contributed by atoms with E-state index in [2.05, 4.69) is 62.5 Å². The zero-order valence-corrected chi connectivity index (χ0v) is 16.1. The van der Waals surface area contributed by atoms with Crippen molar-refractivity contribution >= 4 is 16.9 Å². The van der Waals surface area contributed by atoms with Crippen LogP contribution in [0.15, 0.2) is 55.4 Å². The van der Waals surface area contributed by atoms with Gasteiger partial charge in [-0.2, -0.15) is 0 Å². The maximum Gasteiger partial charge on any atom is 0.143 e. The van der Waals surface area contributed by atoms with Crippen LogP contribution in [0.3, 0.4) is 0 Å². The summed E-state index contributed by atoms with van der Waals surface area (Å²) in [5, 5.41) is 0. The Hall–Kier alpha value is -3.22. The Labute approximate surface area is 163 Å². The Morgan fingerprint density at radius 2 is 1.96 bits per heavy atom. The molecule has 1 saturated heterocycles. The SMILES string of the molecule is CC(C)n1c([C@@H]2CCCN2c2cc(-n3ccnc3)ncn2)nc2ccccc21. The Morgan fingerprint density at radius 3 is 2.79 bits per heavy atom. The van der Waals surface area contributed by atoms with Crippen molar-refractivity contribution < 1.29 is 0 Å². The van der Waals surface area contributed by atoms with Crippen LogP contribution in [0, 0.1) is 0 Å². The molecular weight excluding hydrogens is 350 g/mol. The van der Waals surface area contributed by atoms with Crippen molar-refractivity contribution in [3.05, 3.63) is 61.2 Å². The fourth-order valence-corrected chi connectivity index (χ4v) is 4.18. The maximum absolute atomic E-state index is 5.03. The summed E-state index contributed by atoms with van der Waals surface area (Å²) in [5.41, 5.74) is 2.25. The lowest BCUT2D eigenvalue weighted by Gasteiger charge is -2.27. The first-order valence-corrected chi connectivity index (χ1v) is 9.76. The average molecular weight is 373 g/mol. The summed E-state index contributed by atoms with van der Waals surface area (Å²) >= 11 is 0. The first-order valence-electron chi connectivity index (χ1n) is 9.76. The standard InChI is InChI=1S/C21H23N7/c1-15(2)28-17-7-4-3-6-16(17)25-21(28)18-8-5-10-27(18)20-12-19(23-13-24-20)26-11-9-22-14-26/h3-4,6-7,9,11-15,18H,5,8,10H2,1-2H3/t18-/m0/s1. The molecule has 7 heteroatoms. The molecule has 0 unspecified atom stereocenters. The molecule has 1 atom stereocenters. The highest BCUT2D eigenvalue weighted by molar-refractivity contribution is 5.76. The molecule has 1 aliphatic rings. The molecule has 1 fully saturated rings. The molecule has 7 nitrogen and oxygen atoms in total. The van der Waals surface area contributed by atoms with E-state index >= 15 is 0 Å². The molecule has 0 aliphatic carbocycles. The summed E-state index contributed by atoms with van der Waals surface area (Å²) < 4.78 is 4.27. The van der Waals surface area contributed by atoms with E-state index in [1.807, 2.05) is 16.8 Å². The smallest absolute Gasteiger partial charge is 0.143 e. The number of anilines is 1. The van der Waals surface area contributed by atoms with Gasteiger partial charge < -0.3 is 9.47 Å². The molecule has 0 N–H and O–H groups in total. The van der Waals surface area contributed by atoms with Gasteiger partial charge in [0.2, 0.25) is 0 Å². The molecule has 1 aromatic carbocycles. The van der Waals surface area contributed by atoms with E-state index in [1.54, 1.807) is 18.9 Å². The van der Waals surface area contributed by atoms with Crippen LogP contribution in [0.2, 0.25) is 0 Å². The molecule has 1 aliphatic heterocycles. The number of para-hydroxylation sites is 2. The molecule has 0 amide bonds. The highest BCUT2D eigenvalue weighted by atomic mass is 15.3. The van der Waals surface area contributed by atoms with Gasteiger partial charge in [0.25, 0.3) is 0 Å². The minimum Gasteiger partial charge on any atom is -0.346 e. The normalized spacial score (nSPS) is 17.1. The molecule has 142 valence electrons. The number of hydrogen-bond acceptors (Lipinski definition) is 5. The third kappa shape index (κ3) is 2.74. The quantitative estimate of drug-likeness (QED) is 0.542. The molecule has 5 rings (SSSR count). The van der Waals surface area contributed by atoms with Gasteiger partial charge in [0.15, 0.2) is 0 Å². The van der Waals surface area contributed by atoms with Gasteiger partial charge in [0.1, 0.15) is 30.1 Å². The van der Waals surface area contributed by atoms with Crippen molar-refractivity contribution in [2.24, 2.45) is 0 Å². The predicted molar refractivity (Wildman–Crippen MR) is 109 cm³/mol. The highest BCUT2D eigenvalue weighted by Crippen LogP contribution is 2.37. The molecule has 0 bridgehead atoms. The van der Waals surface area contributed by atoms with E-state index in [0.29, 0.717) is 6.04 Å². The lowest BCUT2D eigenvalue weighted by atomic mass is 10.2. The van der Waals surface area contributed by atoms with Crippen LogP contribution in [0.5, 0.6) is 0 Å². The van der Waals surface area contributed by atoms with Crippen molar-refractivity contribution in [3.63, 3.8) is 0 Å². The van der Waals surface area contributed by atoms with Crippen LogP contribution in [-0.2, 0) is 0 Å². The number of benzene rings is 1. The highest BCUT2D eigenvalue weighted by Gasteiger charge is 2.32. The molecule has 0 spiro atoms. The summed E-state index contributed by atoms with van der Waals surface area (Å²) in [5.74, 6) is 2.88.